The Balaban J connectivity index is 2.19. The molecule has 0 spiro atoms. The van der Waals surface area contributed by atoms with E-state index in [1.54, 1.807) is 12.1 Å². The summed E-state index contributed by atoms with van der Waals surface area (Å²) in [6.07, 6.45) is 0. The minimum atomic E-state index is -0.244. The summed E-state index contributed by atoms with van der Waals surface area (Å²) in [6.45, 7) is 2.83. The number of hydrogen-bond donors (Lipinski definition) is 1. The zero-order chi connectivity index (χ0) is 13.1. The predicted molar refractivity (Wildman–Crippen MR) is 71.8 cm³/mol. The van der Waals surface area contributed by atoms with Crippen molar-refractivity contribution in [3.63, 3.8) is 0 Å². The lowest BCUT2D eigenvalue weighted by Crippen LogP contribution is -2.28. The second kappa shape index (κ2) is 5.58. The Morgan fingerprint density at radius 3 is 2.89 bits per heavy atom. The number of anilines is 1. The molecule has 0 radical (unpaired) electrons. The number of aromatic nitrogens is 1. The van der Waals surface area contributed by atoms with Crippen LogP contribution in [0.2, 0.25) is 5.02 Å². The fraction of sp³-hybridized carbons (Fsp3) is 0.364. The number of carbonyl (C=O) groups excluding carboxylic acids is 2. The van der Waals surface area contributed by atoms with Crippen molar-refractivity contribution in [2.45, 2.75) is 13.5 Å². The van der Waals surface area contributed by atoms with Gasteiger partial charge < -0.3 is 5.32 Å². The molecule has 7 heteroatoms. The van der Waals surface area contributed by atoms with Gasteiger partial charge in [-0.2, -0.15) is 0 Å². The maximum absolute atomic E-state index is 11.5. The van der Waals surface area contributed by atoms with Crippen LogP contribution in [0.3, 0.4) is 0 Å². The predicted octanol–water partition coefficient (Wildman–Crippen LogP) is 2.36. The van der Waals surface area contributed by atoms with Gasteiger partial charge in [0.1, 0.15) is 5.82 Å². The first-order valence-electron chi connectivity index (χ1n) is 5.48. The van der Waals surface area contributed by atoms with Crippen LogP contribution in [0.1, 0.15) is 12.6 Å². The Bertz CT molecular complexity index is 479. The Kier molecular flexibility index (Phi) is 4.08. The average molecular weight is 286 g/mol. The normalized spacial score (nSPS) is 15.3. The van der Waals surface area contributed by atoms with Crippen LogP contribution in [0, 0.1) is 0 Å². The molecule has 1 aromatic heterocycles. The van der Waals surface area contributed by atoms with Crippen LogP contribution in [-0.4, -0.2) is 33.3 Å². The van der Waals surface area contributed by atoms with Crippen LogP contribution < -0.4 is 5.32 Å². The Labute approximate surface area is 114 Å². The summed E-state index contributed by atoms with van der Waals surface area (Å²) < 4.78 is 0. The SMILES string of the molecule is CCNc1ccc(Cl)c(CN2C(=O)CSC2=O)n1. The van der Waals surface area contributed by atoms with E-state index < -0.39 is 0 Å². The molecule has 0 unspecified atom stereocenters. The smallest absolute Gasteiger partial charge is 0.289 e. The molecule has 96 valence electrons. The monoisotopic (exact) mass is 285 g/mol. The van der Waals surface area contributed by atoms with Crippen LogP contribution in [0.15, 0.2) is 12.1 Å². The van der Waals surface area contributed by atoms with Gasteiger partial charge in [-0.05, 0) is 19.1 Å². The van der Waals surface area contributed by atoms with Crippen molar-refractivity contribution in [2.24, 2.45) is 0 Å². The number of nitrogens with one attached hydrogen (secondary N) is 1. The van der Waals surface area contributed by atoms with Crippen molar-refractivity contribution >= 4 is 40.3 Å². The quantitative estimate of drug-likeness (QED) is 0.920. The third-order valence-electron chi connectivity index (χ3n) is 2.42. The number of hydrogen-bond acceptors (Lipinski definition) is 5. The lowest BCUT2D eigenvalue weighted by Gasteiger charge is -2.14. The molecule has 1 fully saturated rings. The number of thioether (sulfide) groups is 1. The van der Waals surface area contributed by atoms with Crippen molar-refractivity contribution in [1.29, 1.82) is 0 Å². The first-order valence-corrected chi connectivity index (χ1v) is 6.84. The van der Waals surface area contributed by atoms with Crippen LogP contribution in [0.25, 0.3) is 0 Å². The summed E-state index contributed by atoms with van der Waals surface area (Å²) in [7, 11) is 0. The molecule has 1 saturated heterocycles. The van der Waals surface area contributed by atoms with Crippen LogP contribution in [0.5, 0.6) is 0 Å². The number of amides is 2. The third kappa shape index (κ3) is 2.76. The van der Waals surface area contributed by atoms with E-state index in [0.717, 1.165) is 18.3 Å². The van der Waals surface area contributed by atoms with Crippen molar-refractivity contribution in [2.75, 3.05) is 17.6 Å². The van der Waals surface area contributed by atoms with Crippen molar-refractivity contribution in [3.8, 4) is 0 Å². The second-order valence-electron chi connectivity index (χ2n) is 3.69. The highest BCUT2D eigenvalue weighted by Gasteiger charge is 2.30. The van der Waals surface area contributed by atoms with Gasteiger partial charge in [0.15, 0.2) is 0 Å². The number of imide groups is 1. The molecule has 1 aliphatic rings. The highest BCUT2D eigenvalue weighted by molar-refractivity contribution is 8.14. The van der Waals surface area contributed by atoms with E-state index in [0.29, 0.717) is 16.5 Å². The molecular formula is C11H12ClN3O2S. The molecule has 18 heavy (non-hydrogen) atoms. The molecule has 0 aliphatic carbocycles. The van der Waals surface area contributed by atoms with Gasteiger partial charge in [0.2, 0.25) is 5.91 Å². The fourth-order valence-electron chi connectivity index (χ4n) is 1.56. The second-order valence-corrected chi connectivity index (χ2v) is 5.02. The highest BCUT2D eigenvalue weighted by Crippen LogP contribution is 2.24. The van der Waals surface area contributed by atoms with Gasteiger partial charge in [-0.25, -0.2) is 4.98 Å². The summed E-state index contributed by atoms with van der Waals surface area (Å²) in [5, 5.41) is 3.27. The lowest BCUT2D eigenvalue weighted by molar-refractivity contribution is -0.125. The van der Waals surface area contributed by atoms with Crippen LogP contribution >= 0.6 is 23.4 Å². The standard InChI is InChI=1S/C11H12ClN3O2S/c1-2-13-9-4-3-7(12)8(14-9)5-15-10(16)6-18-11(15)17/h3-4H,2,5-6H2,1H3,(H,13,14). The molecule has 2 amide bonds. The number of rotatable bonds is 4. The Morgan fingerprint density at radius 1 is 1.50 bits per heavy atom. The average Bonchev–Trinajstić information content (AvgIpc) is 2.65. The zero-order valence-electron chi connectivity index (χ0n) is 9.77. The van der Waals surface area contributed by atoms with Crippen molar-refractivity contribution in [1.82, 2.24) is 9.88 Å². The van der Waals surface area contributed by atoms with Crippen molar-refractivity contribution < 1.29 is 9.59 Å². The van der Waals surface area contributed by atoms with Gasteiger partial charge in [0.25, 0.3) is 5.24 Å². The van der Waals surface area contributed by atoms with E-state index >= 15 is 0 Å². The molecule has 0 aromatic carbocycles. The third-order valence-corrected chi connectivity index (χ3v) is 3.63. The molecule has 5 nitrogen and oxygen atoms in total. The minimum absolute atomic E-state index is 0.128. The van der Waals surface area contributed by atoms with E-state index in [4.69, 9.17) is 11.6 Å². The van der Waals surface area contributed by atoms with E-state index in [9.17, 15) is 9.59 Å². The molecule has 0 bridgehead atoms. The van der Waals surface area contributed by atoms with Crippen LogP contribution in [-0.2, 0) is 11.3 Å². The highest BCUT2D eigenvalue weighted by atomic mass is 35.5. The summed E-state index contributed by atoms with van der Waals surface area (Å²) in [6, 6.07) is 3.47. The van der Waals surface area contributed by atoms with Gasteiger partial charge in [0, 0.05) is 6.54 Å². The molecule has 2 heterocycles. The summed E-state index contributed by atoms with van der Waals surface area (Å²) in [4.78, 5) is 28.5. The minimum Gasteiger partial charge on any atom is -0.370 e. The maximum Gasteiger partial charge on any atom is 0.289 e. The van der Waals surface area contributed by atoms with Gasteiger partial charge >= 0.3 is 0 Å². The topological polar surface area (TPSA) is 62.3 Å². The number of halogens is 1. The van der Waals surface area contributed by atoms with Gasteiger partial charge in [0.05, 0.1) is 23.0 Å². The molecule has 2 rings (SSSR count). The molecule has 0 atom stereocenters. The van der Waals surface area contributed by atoms with E-state index in [-0.39, 0.29) is 23.4 Å². The van der Waals surface area contributed by atoms with Crippen molar-refractivity contribution in [3.05, 3.63) is 22.8 Å². The van der Waals surface area contributed by atoms with E-state index in [2.05, 4.69) is 10.3 Å². The maximum atomic E-state index is 11.5. The molecule has 1 aromatic rings. The Morgan fingerprint density at radius 2 is 2.28 bits per heavy atom. The fourth-order valence-corrected chi connectivity index (χ4v) is 2.45. The van der Waals surface area contributed by atoms with Gasteiger partial charge in [-0.3, -0.25) is 14.5 Å². The Hall–Kier alpha value is -1.27. The molecule has 0 saturated carbocycles. The first kappa shape index (κ1) is 13.2. The number of nitrogens with zero attached hydrogens (tertiary/aromatic N) is 2. The summed E-state index contributed by atoms with van der Waals surface area (Å²) in [5.74, 6) is 0.684. The summed E-state index contributed by atoms with van der Waals surface area (Å²) >= 11 is 7.03. The number of pyridine rings is 1. The lowest BCUT2D eigenvalue weighted by atomic mass is 10.3. The summed E-state index contributed by atoms with van der Waals surface area (Å²) in [5.41, 5.74) is 0.527. The molecule has 1 aliphatic heterocycles. The van der Waals surface area contributed by atoms with Crippen LogP contribution in [0.4, 0.5) is 10.6 Å². The first-order chi connectivity index (χ1) is 8.61. The van der Waals surface area contributed by atoms with E-state index in [1.807, 2.05) is 6.92 Å². The van der Waals surface area contributed by atoms with Gasteiger partial charge in [-0.1, -0.05) is 23.4 Å². The number of carbonyl (C=O) groups is 2. The molecular weight excluding hydrogens is 274 g/mol. The van der Waals surface area contributed by atoms with E-state index in [1.165, 1.54) is 4.90 Å². The molecule has 1 N–H and O–H groups in total. The van der Waals surface area contributed by atoms with Gasteiger partial charge in [-0.15, -0.1) is 0 Å². The largest absolute Gasteiger partial charge is 0.370 e. The zero-order valence-corrected chi connectivity index (χ0v) is 11.3.